The Morgan fingerprint density at radius 1 is 1.43 bits per heavy atom. The summed E-state index contributed by atoms with van der Waals surface area (Å²) in [5, 5.41) is 9.76. The van der Waals surface area contributed by atoms with E-state index < -0.39 is 5.60 Å². The fourth-order valence-electron chi connectivity index (χ4n) is 2.26. The van der Waals surface area contributed by atoms with Crippen molar-refractivity contribution in [2.75, 3.05) is 20.1 Å². The molecule has 1 rings (SSSR count). The van der Waals surface area contributed by atoms with Gasteiger partial charge in [-0.15, -0.1) is 0 Å². The van der Waals surface area contributed by atoms with Crippen molar-refractivity contribution in [3.8, 4) is 0 Å². The van der Waals surface area contributed by atoms with Crippen molar-refractivity contribution < 1.29 is 9.90 Å². The van der Waals surface area contributed by atoms with Gasteiger partial charge >= 0.3 is 0 Å². The van der Waals surface area contributed by atoms with Crippen LogP contribution in [0, 0.1) is 5.41 Å². The average Bonchev–Trinajstić information content (AvgIpc) is 2.07. The van der Waals surface area contributed by atoms with Crippen molar-refractivity contribution in [2.45, 2.75) is 38.7 Å². The summed E-state index contributed by atoms with van der Waals surface area (Å²) in [6.07, 6.45) is 3.38. The quantitative estimate of drug-likeness (QED) is 0.691. The SMILES string of the molecule is CN1CCC(C=O)(CC(C)(C)O)CC1. The zero-order valence-electron chi connectivity index (χ0n) is 9.42. The molecule has 0 aliphatic carbocycles. The predicted molar refractivity (Wildman–Crippen MR) is 56.1 cm³/mol. The van der Waals surface area contributed by atoms with E-state index in [0.717, 1.165) is 32.2 Å². The van der Waals surface area contributed by atoms with Crippen molar-refractivity contribution >= 4 is 6.29 Å². The van der Waals surface area contributed by atoms with Gasteiger partial charge in [-0.25, -0.2) is 0 Å². The second-order valence-electron chi connectivity index (χ2n) is 5.27. The molecular weight excluding hydrogens is 178 g/mol. The normalized spacial score (nSPS) is 23.4. The Kier molecular flexibility index (Phi) is 3.32. The van der Waals surface area contributed by atoms with Gasteiger partial charge in [-0.2, -0.15) is 0 Å². The van der Waals surface area contributed by atoms with E-state index in [1.807, 2.05) is 0 Å². The number of aldehydes is 1. The molecule has 0 spiro atoms. The average molecular weight is 199 g/mol. The molecule has 1 fully saturated rings. The van der Waals surface area contributed by atoms with Crippen LogP contribution in [0.25, 0.3) is 0 Å². The number of carbonyl (C=O) groups excluding carboxylic acids is 1. The molecule has 0 amide bonds. The van der Waals surface area contributed by atoms with Crippen LogP contribution in [0.5, 0.6) is 0 Å². The van der Waals surface area contributed by atoms with Crippen molar-refractivity contribution in [1.82, 2.24) is 4.90 Å². The van der Waals surface area contributed by atoms with E-state index in [0.29, 0.717) is 6.42 Å². The molecule has 3 heteroatoms. The van der Waals surface area contributed by atoms with Gasteiger partial charge in [0.1, 0.15) is 6.29 Å². The fraction of sp³-hybridized carbons (Fsp3) is 0.909. The fourth-order valence-corrected chi connectivity index (χ4v) is 2.26. The predicted octanol–water partition coefficient (Wildman–Crippen LogP) is 1.06. The highest BCUT2D eigenvalue weighted by Crippen LogP contribution is 2.36. The first-order valence-electron chi connectivity index (χ1n) is 5.24. The van der Waals surface area contributed by atoms with E-state index in [-0.39, 0.29) is 5.41 Å². The zero-order valence-corrected chi connectivity index (χ0v) is 9.42. The van der Waals surface area contributed by atoms with Crippen LogP contribution < -0.4 is 0 Å². The summed E-state index contributed by atoms with van der Waals surface area (Å²) in [6, 6.07) is 0. The molecule has 0 unspecified atom stereocenters. The van der Waals surface area contributed by atoms with Crippen molar-refractivity contribution in [1.29, 1.82) is 0 Å². The number of hydrogen-bond acceptors (Lipinski definition) is 3. The van der Waals surface area contributed by atoms with Crippen LogP contribution >= 0.6 is 0 Å². The Bertz CT molecular complexity index is 200. The second-order valence-corrected chi connectivity index (χ2v) is 5.27. The van der Waals surface area contributed by atoms with Crippen LogP contribution in [0.4, 0.5) is 0 Å². The molecule has 14 heavy (non-hydrogen) atoms. The van der Waals surface area contributed by atoms with Crippen LogP contribution in [0.3, 0.4) is 0 Å². The molecule has 1 heterocycles. The molecule has 0 radical (unpaired) electrons. The molecule has 0 atom stereocenters. The third kappa shape index (κ3) is 3.07. The first-order chi connectivity index (χ1) is 6.37. The molecule has 1 saturated heterocycles. The Labute approximate surface area is 86.1 Å². The van der Waals surface area contributed by atoms with E-state index >= 15 is 0 Å². The number of hydrogen-bond donors (Lipinski definition) is 1. The van der Waals surface area contributed by atoms with Gasteiger partial charge in [-0.3, -0.25) is 0 Å². The molecule has 0 saturated carbocycles. The molecule has 3 nitrogen and oxygen atoms in total. The summed E-state index contributed by atoms with van der Waals surface area (Å²) in [4.78, 5) is 13.4. The number of likely N-dealkylation sites (tertiary alicyclic amines) is 1. The van der Waals surface area contributed by atoms with Crippen molar-refractivity contribution in [3.63, 3.8) is 0 Å². The number of carbonyl (C=O) groups is 1. The first-order valence-corrected chi connectivity index (χ1v) is 5.24. The zero-order chi connectivity index (χ0) is 10.8. The minimum atomic E-state index is -0.739. The molecule has 1 aliphatic heterocycles. The lowest BCUT2D eigenvalue weighted by Crippen LogP contribution is -2.42. The minimum absolute atomic E-state index is 0.287. The van der Waals surface area contributed by atoms with Crippen LogP contribution in [0.15, 0.2) is 0 Å². The number of piperidine rings is 1. The molecular formula is C11H21NO2. The van der Waals surface area contributed by atoms with Gasteiger partial charge in [-0.1, -0.05) is 0 Å². The highest BCUT2D eigenvalue weighted by Gasteiger charge is 2.37. The van der Waals surface area contributed by atoms with E-state index in [9.17, 15) is 9.90 Å². The molecule has 82 valence electrons. The monoisotopic (exact) mass is 199 g/mol. The maximum absolute atomic E-state index is 11.1. The Morgan fingerprint density at radius 3 is 2.29 bits per heavy atom. The van der Waals surface area contributed by atoms with Gasteiger partial charge < -0.3 is 14.8 Å². The maximum Gasteiger partial charge on any atom is 0.126 e. The summed E-state index contributed by atoms with van der Waals surface area (Å²) in [5.74, 6) is 0. The lowest BCUT2D eigenvalue weighted by Gasteiger charge is -2.39. The molecule has 1 N–H and O–H groups in total. The first kappa shape index (κ1) is 11.7. The van der Waals surface area contributed by atoms with Crippen LogP contribution in [0.1, 0.15) is 33.1 Å². The van der Waals surface area contributed by atoms with Gasteiger partial charge in [0, 0.05) is 5.41 Å². The van der Waals surface area contributed by atoms with Gasteiger partial charge in [0.05, 0.1) is 5.60 Å². The molecule has 1 aliphatic rings. The smallest absolute Gasteiger partial charge is 0.126 e. The number of rotatable bonds is 3. The minimum Gasteiger partial charge on any atom is -0.390 e. The van der Waals surface area contributed by atoms with E-state index in [1.54, 1.807) is 13.8 Å². The molecule has 0 aromatic carbocycles. The Balaban J connectivity index is 2.63. The van der Waals surface area contributed by atoms with Crippen molar-refractivity contribution in [2.24, 2.45) is 5.41 Å². The summed E-state index contributed by atoms with van der Waals surface area (Å²) in [6.45, 7) is 5.46. The molecule has 0 bridgehead atoms. The van der Waals surface area contributed by atoms with Crippen LogP contribution in [-0.2, 0) is 4.79 Å². The van der Waals surface area contributed by atoms with Gasteiger partial charge in [0.15, 0.2) is 0 Å². The molecule has 0 aromatic heterocycles. The lowest BCUT2D eigenvalue weighted by molar-refractivity contribution is -0.122. The third-order valence-corrected chi connectivity index (χ3v) is 3.02. The van der Waals surface area contributed by atoms with E-state index in [2.05, 4.69) is 11.9 Å². The second kappa shape index (κ2) is 3.99. The summed E-state index contributed by atoms with van der Waals surface area (Å²) in [5.41, 5.74) is -1.03. The standard InChI is InChI=1S/C11H21NO2/c1-10(2,14)8-11(9-13)4-6-12(3)7-5-11/h9,14H,4-8H2,1-3H3. The number of nitrogens with zero attached hydrogens (tertiary/aromatic N) is 1. The summed E-state index contributed by atoms with van der Waals surface area (Å²) < 4.78 is 0. The Hall–Kier alpha value is -0.410. The third-order valence-electron chi connectivity index (χ3n) is 3.02. The van der Waals surface area contributed by atoms with E-state index in [4.69, 9.17) is 0 Å². The van der Waals surface area contributed by atoms with Crippen molar-refractivity contribution in [3.05, 3.63) is 0 Å². The highest BCUT2D eigenvalue weighted by molar-refractivity contribution is 5.59. The van der Waals surface area contributed by atoms with Gasteiger partial charge in [0.2, 0.25) is 0 Å². The topological polar surface area (TPSA) is 40.5 Å². The van der Waals surface area contributed by atoms with Crippen LogP contribution in [0.2, 0.25) is 0 Å². The van der Waals surface area contributed by atoms with E-state index in [1.165, 1.54) is 0 Å². The number of aliphatic hydroxyl groups is 1. The van der Waals surface area contributed by atoms with Gasteiger partial charge in [-0.05, 0) is 53.2 Å². The maximum atomic E-state index is 11.1. The highest BCUT2D eigenvalue weighted by atomic mass is 16.3. The van der Waals surface area contributed by atoms with Gasteiger partial charge in [0.25, 0.3) is 0 Å². The lowest BCUT2D eigenvalue weighted by atomic mass is 9.73. The molecule has 0 aromatic rings. The largest absolute Gasteiger partial charge is 0.390 e. The van der Waals surface area contributed by atoms with Crippen LogP contribution in [-0.4, -0.2) is 42.0 Å². The Morgan fingerprint density at radius 2 is 1.93 bits per heavy atom. The summed E-state index contributed by atoms with van der Waals surface area (Å²) >= 11 is 0. The summed E-state index contributed by atoms with van der Waals surface area (Å²) in [7, 11) is 2.07.